The second kappa shape index (κ2) is 9.20. The van der Waals surface area contributed by atoms with Crippen LogP contribution in [0, 0.1) is 5.82 Å². The summed E-state index contributed by atoms with van der Waals surface area (Å²) in [6.07, 6.45) is 6.73. The topological polar surface area (TPSA) is 104 Å². The molecule has 0 saturated carbocycles. The van der Waals surface area contributed by atoms with E-state index in [0.717, 1.165) is 56.4 Å². The number of sulfonamides is 1. The predicted octanol–water partition coefficient (Wildman–Crippen LogP) is 3.78. The van der Waals surface area contributed by atoms with E-state index in [9.17, 15) is 12.8 Å². The number of aromatic amines is 1. The van der Waals surface area contributed by atoms with Gasteiger partial charge in [-0.1, -0.05) is 5.16 Å². The molecule has 0 atom stereocenters. The average Bonchev–Trinajstić information content (AvgIpc) is 3.44. The second-order valence-corrected chi connectivity index (χ2v) is 10.2. The second-order valence-electron chi connectivity index (χ2n) is 8.48. The smallest absolute Gasteiger partial charge is 0.242 e. The number of H-pyrrole nitrogens is 1. The van der Waals surface area contributed by atoms with Crippen molar-refractivity contribution >= 4 is 32.0 Å². The van der Waals surface area contributed by atoms with Crippen LogP contribution in [0.5, 0.6) is 0 Å². The Morgan fingerprint density at radius 3 is 2.88 bits per heavy atom. The Bertz CT molecular complexity index is 1360. The number of benzene rings is 1. The van der Waals surface area contributed by atoms with Crippen LogP contribution in [0.15, 0.2) is 52.1 Å². The molecule has 10 heteroatoms. The number of likely N-dealkylation sites (tertiary alicyclic amines) is 1. The van der Waals surface area contributed by atoms with Gasteiger partial charge in [0.15, 0.2) is 5.58 Å². The van der Waals surface area contributed by atoms with Crippen molar-refractivity contribution in [1.29, 1.82) is 0 Å². The normalized spacial score (nSPS) is 16.2. The molecule has 0 radical (unpaired) electrons. The molecule has 1 aliphatic rings. The first-order chi connectivity index (χ1) is 16.0. The lowest BCUT2D eigenvalue weighted by Gasteiger charge is -2.31. The molecular weight excluding hydrogens is 445 g/mol. The highest BCUT2D eigenvalue weighted by Crippen LogP contribution is 2.32. The maximum atomic E-state index is 13.4. The van der Waals surface area contributed by atoms with E-state index >= 15 is 0 Å². The van der Waals surface area contributed by atoms with Crippen molar-refractivity contribution in [2.24, 2.45) is 0 Å². The zero-order chi connectivity index (χ0) is 22.8. The number of piperidine rings is 1. The lowest BCUT2D eigenvalue weighted by molar-refractivity contribution is 0.206. The SMILES string of the molecule is O=S(=O)(NCCCCN1CCC(c2noc3cc(F)ccc23)CC1)c1c[nH]c2ncccc12. The molecule has 8 nitrogen and oxygen atoms in total. The van der Waals surface area contributed by atoms with Gasteiger partial charge < -0.3 is 14.4 Å². The highest BCUT2D eigenvalue weighted by molar-refractivity contribution is 7.89. The summed E-state index contributed by atoms with van der Waals surface area (Å²) >= 11 is 0. The zero-order valence-electron chi connectivity index (χ0n) is 18.1. The highest BCUT2D eigenvalue weighted by atomic mass is 32.2. The number of unbranched alkanes of at least 4 members (excludes halogenated alkanes) is 1. The van der Waals surface area contributed by atoms with Crippen LogP contribution in [0.2, 0.25) is 0 Å². The maximum absolute atomic E-state index is 13.4. The van der Waals surface area contributed by atoms with Gasteiger partial charge in [0, 0.05) is 41.7 Å². The van der Waals surface area contributed by atoms with Crippen molar-refractivity contribution in [3.05, 3.63) is 54.2 Å². The summed E-state index contributed by atoms with van der Waals surface area (Å²) in [5.74, 6) is -0.00815. The number of rotatable bonds is 8. The first-order valence-electron chi connectivity index (χ1n) is 11.2. The number of nitrogens with one attached hydrogen (secondary N) is 2. The van der Waals surface area contributed by atoms with E-state index in [1.807, 2.05) is 0 Å². The highest BCUT2D eigenvalue weighted by Gasteiger charge is 2.25. The van der Waals surface area contributed by atoms with Gasteiger partial charge in [-0.25, -0.2) is 22.5 Å². The van der Waals surface area contributed by atoms with Gasteiger partial charge >= 0.3 is 0 Å². The van der Waals surface area contributed by atoms with E-state index in [4.69, 9.17) is 4.52 Å². The van der Waals surface area contributed by atoms with E-state index in [1.165, 1.54) is 18.3 Å². The molecule has 33 heavy (non-hydrogen) atoms. The quantitative estimate of drug-likeness (QED) is 0.379. The van der Waals surface area contributed by atoms with Crippen LogP contribution in [0.4, 0.5) is 4.39 Å². The molecule has 2 N–H and O–H groups in total. The molecule has 1 saturated heterocycles. The number of hydrogen-bond acceptors (Lipinski definition) is 6. The molecule has 4 aromatic rings. The molecular formula is C23H26FN5O3S. The fourth-order valence-corrected chi connectivity index (χ4v) is 5.79. The molecule has 5 rings (SSSR count). The number of pyridine rings is 1. The molecule has 1 aromatic carbocycles. The molecule has 1 fully saturated rings. The monoisotopic (exact) mass is 471 g/mol. The van der Waals surface area contributed by atoms with Gasteiger partial charge in [-0.3, -0.25) is 0 Å². The van der Waals surface area contributed by atoms with Gasteiger partial charge in [-0.15, -0.1) is 0 Å². The fraction of sp³-hybridized carbons (Fsp3) is 0.391. The van der Waals surface area contributed by atoms with Crippen molar-refractivity contribution in [3.8, 4) is 0 Å². The minimum absolute atomic E-state index is 0.232. The largest absolute Gasteiger partial charge is 0.356 e. The average molecular weight is 472 g/mol. The Morgan fingerprint density at radius 2 is 2.03 bits per heavy atom. The Kier molecular flexibility index (Phi) is 6.13. The molecule has 0 spiro atoms. The Morgan fingerprint density at radius 1 is 1.18 bits per heavy atom. The summed E-state index contributed by atoms with van der Waals surface area (Å²) in [5, 5.41) is 5.69. The van der Waals surface area contributed by atoms with Crippen LogP contribution in [-0.2, 0) is 10.0 Å². The van der Waals surface area contributed by atoms with Crippen molar-refractivity contribution in [2.75, 3.05) is 26.2 Å². The van der Waals surface area contributed by atoms with Gasteiger partial charge in [0.1, 0.15) is 16.4 Å². The van der Waals surface area contributed by atoms with Crippen LogP contribution in [0.1, 0.15) is 37.3 Å². The molecule has 0 unspecified atom stereocenters. The number of fused-ring (bicyclic) bond motifs is 2. The van der Waals surface area contributed by atoms with Gasteiger partial charge in [0.2, 0.25) is 10.0 Å². The maximum Gasteiger partial charge on any atom is 0.242 e. The Labute approximate surface area is 191 Å². The Hall–Kier alpha value is -2.82. The number of halogens is 1. The molecule has 1 aliphatic heterocycles. The van der Waals surface area contributed by atoms with Crippen molar-refractivity contribution in [1.82, 2.24) is 24.7 Å². The first kappa shape index (κ1) is 22.0. The fourth-order valence-electron chi connectivity index (χ4n) is 4.55. The lowest BCUT2D eigenvalue weighted by atomic mass is 9.91. The number of nitrogens with zero attached hydrogens (tertiary/aromatic N) is 3. The molecule has 0 bridgehead atoms. The molecule has 3 aromatic heterocycles. The molecule has 0 amide bonds. The third-order valence-corrected chi connectivity index (χ3v) is 7.83. The standard InChI is InChI=1S/C23H26FN5O3S/c24-17-5-6-18-20(14-17)32-28-22(18)16-7-12-29(13-8-16)11-2-1-10-27-33(30,31)21-15-26-23-19(21)4-3-9-25-23/h3-6,9,14-16,27H,1-2,7-8,10-13H2,(H,25,26). The van der Waals surface area contributed by atoms with Crippen LogP contribution in [0.3, 0.4) is 0 Å². The third-order valence-electron chi connectivity index (χ3n) is 6.33. The van der Waals surface area contributed by atoms with Gasteiger partial charge in [0.25, 0.3) is 0 Å². The van der Waals surface area contributed by atoms with E-state index in [1.54, 1.807) is 24.4 Å². The van der Waals surface area contributed by atoms with Gasteiger partial charge in [-0.05, 0) is 69.6 Å². The first-order valence-corrected chi connectivity index (χ1v) is 12.7. The van der Waals surface area contributed by atoms with Crippen LogP contribution < -0.4 is 4.72 Å². The Balaban J connectivity index is 1.07. The zero-order valence-corrected chi connectivity index (χ0v) is 18.9. The summed E-state index contributed by atoms with van der Waals surface area (Å²) in [6, 6.07) is 8.05. The van der Waals surface area contributed by atoms with Crippen molar-refractivity contribution in [3.63, 3.8) is 0 Å². The van der Waals surface area contributed by atoms with Crippen LogP contribution in [0.25, 0.3) is 22.0 Å². The van der Waals surface area contributed by atoms with E-state index < -0.39 is 10.0 Å². The number of aromatic nitrogens is 3. The summed E-state index contributed by atoms with van der Waals surface area (Å²) in [6.45, 7) is 3.23. The molecule has 4 heterocycles. The minimum atomic E-state index is -3.58. The summed E-state index contributed by atoms with van der Waals surface area (Å²) in [4.78, 5) is 9.67. The van der Waals surface area contributed by atoms with Crippen molar-refractivity contribution < 1.29 is 17.3 Å². The number of hydrogen-bond donors (Lipinski definition) is 2. The van der Waals surface area contributed by atoms with Gasteiger partial charge in [-0.2, -0.15) is 0 Å². The summed E-state index contributed by atoms with van der Waals surface area (Å²) in [5.41, 5.74) is 1.98. The van der Waals surface area contributed by atoms with Gasteiger partial charge in [0.05, 0.1) is 5.69 Å². The summed E-state index contributed by atoms with van der Waals surface area (Å²) in [7, 11) is -3.58. The molecule has 0 aliphatic carbocycles. The van der Waals surface area contributed by atoms with Crippen LogP contribution >= 0.6 is 0 Å². The minimum Gasteiger partial charge on any atom is -0.356 e. The van der Waals surface area contributed by atoms with E-state index in [0.29, 0.717) is 29.1 Å². The predicted molar refractivity (Wildman–Crippen MR) is 123 cm³/mol. The summed E-state index contributed by atoms with van der Waals surface area (Å²) < 4.78 is 46.6. The van der Waals surface area contributed by atoms with Crippen LogP contribution in [-0.4, -0.2) is 54.6 Å². The van der Waals surface area contributed by atoms with E-state index in [2.05, 4.69) is 24.7 Å². The third kappa shape index (κ3) is 4.64. The van der Waals surface area contributed by atoms with Crippen molar-refractivity contribution in [2.45, 2.75) is 36.5 Å². The van der Waals surface area contributed by atoms with E-state index in [-0.39, 0.29) is 10.7 Å². The lowest BCUT2D eigenvalue weighted by Crippen LogP contribution is -2.34. The molecule has 174 valence electrons.